The van der Waals surface area contributed by atoms with Gasteiger partial charge in [-0.25, -0.2) is 4.98 Å². The Morgan fingerprint density at radius 2 is 2.36 bits per heavy atom. The Morgan fingerprint density at radius 3 is 3.04 bits per heavy atom. The number of rotatable bonds is 9. The molecule has 0 aromatic carbocycles. The predicted octanol–water partition coefficient (Wildman–Crippen LogP) is 2.15. The number of nitrogens with zero attached hydrogens (tertiary/aromatic N) is 3. The quantitative estimate of drug-likeness (QED) is 0.249. The number of halogens is 3. The van der Waals surface area contributed by atoms with Crippen molar-refractivity contribution in [1.29, 1.82) is 0 Å². The van der Waals surface area contributed by atoms with E-state index in [1.165, 1.54) is 12.4 Å². The van der Waals surface area contributed by atoms with E-state index in [0.717, 1.165) is 30.4 Å². The topological polar surface area (TPSA) is 72.7 Å². The Labute approximate surface area is 163 Å². The molecule has 0 bridgehead atoms. The summed E-state index contributed by atoms with van der Waals surface area (Å²) >= 11 is 0. The van der Waals surface area contributed by atoms with Gasteiger partial charge in [-0.3, -0.25) is 9.56 Å². The molecule has 1 fully saturated rings. The number of imidazole rings is 1. The highest BCUT2D eigenvalue weighted by Gasteiger charge is 2.15. The number of guanidine groups is 1. The number of alkyl halides is 2. The number of ether oxygens (including phenoxy) is 2. The summed E-state index contributed by atoms with van der Waals surface area (Å²) < 4.78 is 37.3. The lowest BCUT2D eigenvalue weighted by Gasteiger charge is -2.13. The Hall–Kier alpha value is -1.01. The second-order valence-corrected chi connectivity index (χ2v) is 5.44. The first-order valence-electron chi connectivity index (χ1n) is 8.14. The Bertz CT molecular complexity index is 510. The van der Waals surface area contributed by atoms with E-state index in [1.807, 2.05) is 0 Å². The monoisotopic (exact) mass is 473 g/mol. The fraction of sp³-hybridized carbons (Fsp3) is 0.733. The maximum absolute atomic E-state index is 12.7. The van der Waals surface area contributed by atoms with Gasteiger partial charge in [0.15, 0.2) is 5.96 Å². The standard InChI is InChI=1S/C15H25F2N5O2.HI/c1-18-15(21-10-13-19-6-7-22(13)14(16)17)20-5-3-8-23-11-12-4-2-9-24-12;/h6-7,12,14H,2-5,8-11H2,1H3,(H2,18,20,21);1H. The van der Waals surface area contributed by atoms with E-state index in [0.29, 0.717) is 25.7 Å². The van der Waals surface area contributed by atoms with Gasteiger partial charge in [-0.05, 0) is 19.3 Å². The van der Waals surface area contributed by atoms with E-state index in [9.17, 15) is 8.78 Å². The maximum atomic E-state index is 12.7. The maximum Gasteiger partial charge on any atom is 0.319 e. The van der Waals surface area contributed by atoms with Gasteiger partial charge in [0.1, 0.15) is 5.82 Å². The van der Waals surface area contributed by atoms with Crippen LogP contribution in [-0.2, 0) is 16.0 Å². The number of nitrogens with one attached hydrogen (secondary N) is 2. The summed E-state index contributed by atoms with van der Waals surface area (Å²) in [5.74, 6) is 0.797. The van der Waals surface area contributed by atoms with Crippen LogP contribution in [-0.4, -0.2) is 55.0 Å². The molecule has 0 spiro atoms. The molecule has 0 aliphatic carbocycles. The summed E-state index contributed by atoms with van der Waals surface area (Å²) in [5.41, 5.74) is 0. The van der Waals surface area contributed by atoms with Crippen molar-refractivity contribution < 1.29 is 18.3 Å². The van der Waals surface area contributed by atoms with Crippen molar-refractivity contribution in [3.05, 3.63) is 18.2 Å². The zero-order valence-corrected chi connectivity index (χ0v) is 16.6. The lowest BCUT2D eigenvalue weighted by atomic mass is 10.2. The van der Waals surface area contributed by atoms with E-state index >= 15 is 0 Å². The average Bonchev–Trinajstić information content (AvgIpc) is 3.24. The molecular weight excluding hydrogens is 447 g/mol. The van der Waals surface area contributed by atoms with Crippen LogP contribution in [0.1, 0.15) is 31.6 Å². The van der Waals surface area contributed by atoms with Crippen molar-refractivity contribution in [3.63, 3.8) is 0 Å². The Kier molecular flexibility index (Phi) is 10.9. The van der Waals surface area contributed by atoms with Gasteiger partial charge in [-0.15, -0.1) is 24.0 Å². The minimum atomic E-state index is -2.60. The van der Waals surface area contributed by atoms with Crippen LogP contribution in [0.3, 0.4) is 0 Å². The molecule has 0 amide bonds. The van der Waals surface area contributed by atoms with Crippen LogP contribution in [0.25, 0.3) is 0 Å². The lowest BCUT2D eigenvalue weighted by Crippen LogP contribution is -2.38. The molecule has 25 heavy (non-hydrogen) atoms. The van der Waals surface area contributed by atoms with Crippen LogP contribution in [0, 0.1) is 0 Å². The highest BCUT2D eigenvalue weighted by atomic mass is 127. The molecule has 1 aromatic heterocycles. The average molecular weight is 473 g/mol. The summed E-state index contributed by atoms with van der Waals surface area (Å²) in [6.45, 7) is 0.367. The molecule has 0 saturated carbocycles. The summed E-state index contributed by atoms with van der Waals surface area (Å²) in [7, 11) is 1.63. The number of aliphatic imine (C=N–C) groups is 1. The molecule has 1 atom stereocenters. The van der Waals surface area contributed by atoms with E-state index in [1.54, 1.807) is 7.05 Å². The van der Waals surface area contributed by atoms with Crippen LogP contribution in [0.5, 0.6) is 0 Å². The summed E-state index contributed by atoms with van der Waals surface area (Å²) in [6, 6.07) is 0. The van der Waals surface area contributed by atoms with Crippen molar-refractivity contribution in [2.75, 3.05) is 33.4 Å². The summed E-state index contributed by atoms with van der Waals surface area (Å²) in [5, 5.41) is 6.08. The van der Waals surface area contributed by atoms with Gasteiger partial charge in [-0.2, -0.15) is 8.78 Å². The Balaban J connectivity index is 0.00000312. The first-order chi connectivity index (χ1) is 11.7. The van der Waals surface area contributed by atoms with E-state index in [2.05, 4.69) is 20.6 Å². The van der Waals surface area contributed by atoms with Crippen molar-refractivity contribution in [1.82, 2.24) is 20.2 Å². The predicted molar refractivity (Wildman–Crippen MR) is 102 cm³/mol. The van der Waals surface area contributed by atoms with E-state index in [4.69, 9.17) is 9.47 Å². The van der Waals surface area contributed by atoms with E-state index in [-0.39, 0.29) is 42.4 Å². The number of hydrogen-bond acceptors (Lipinski definition) is 4. The van der Waals surface area contributed by atoms with Gasteiger partial charge in [0.05, 0.1) is 19.3 Å². The largest absolute Gasteiger partial charge is 0.379 e. The number of aromatic nitrogens is 2. The molecule has 2 N–H and O–H groups in total. The van der Waals surface area contributed by atoms with Crippen LogP contribution in [0.4, 0.5) is 8.78 Å². The SMILES string of the molecule is CN=C(NCCCOCC1CCCO1)NCc1nccn1C(F)F.I. The molecule has 1 aliphatic rings. The van der Waals surface area contributed by atoms with Gasteiger partial charge in [-0.1, -0.05) is 0 Å². The number of hydrogen-bond donors (Lipinski definition) is 2. The van der Waals surface area contributed by atoms with Crippen molar-refractivity contribution in [2.45, 2.75) is 38.5 Å². The zero-order chi connectivity index (χ0) is 17.2. The molecule has 2 heterocycles. The molecule has 0 radical (unpaired) electrons. The van der Waals surface area contributed by atoms with Crippen molar-refractivity contribution in [2.24, 2.45) is 4.99 Å². The summed E-state index contributed by atoms with van der Waals surface area (Å²) in [4.78, 5) is 7.96. The Morgan fingerprint density at radius 1 is 1.52 bits per heavy atom. The highest BCUT2D eigenvalue weighted by Crippen LogP contribution is 2.12. The molecule has 1 saturated heterocycles. The normalized spacial score (nSPS) is 17.6. The minimum absolute atomic E-state index is 0. The molecule has 1 unspecified atom stereocenters. The molecular formula is C15H26F2IN5O2. The third kappa shape index (κ3) is 7.82. The van der Waals surface area contributed by atoms with Gasteiger partial charge in [0, 0.05) is 39.2 Å². The molecule has 1 aliphatic heterocycles. The third-order valence-corrected chi connectivity index (χ3v) is 3.68. The third-order valence-electron chi connectivity index (χ3n) is 3.68. The molecule has 7 nitrogen and oxygen atoms in total. The van der Waals surface area contributed by atoms with Crippen molar-refractivity contribution in [3.8, 4) is 0 Å². The first-order valence-corrected chi connectivity index (χ1v) is 8.14. The lowest BCUT2D eigenvalue weighted by molar-refractivity contribution is 0.0168. The van der Waals surface area contributed by atoms with Gasteiger partial charge in [0.25, 0.3) is 0 Å². The van der Waals surface area contributed by atoms with Crippen LogP contribution in [0.15, 0.2) is 17.4 Å². The fourth-order valence-electron chi connectivity index (χ4n) is 2.41. The molecule has 1 aromatic rings. The second-order valence-electron chi connectivity index (χ2n) is 5.44. The first kappa shape index (κ1) is 22.0. The minimum Gasteiger partial charge on any atom is -0.379 e. The van der Waals surface area contributed by atoms with Crippen LogP contribution < -0.4 is 10.6 Å². The molecule has 10 heteroatoms. The molecule has 2 rings (SSSR count). The van der Waals surface area contributed by atoms with Gasteiger partial charge < -0.3 is 20.1 Å². The van der Waals surface area contributed by atoms with Gasteiger partial charge in [0.2, 0.25) is 0 Å². The fourth-order valence-corrected chi connectivity index (χ4v) is 2.41. The summed E-state index contributed by atoms with van der Waals surface area (Å²) in [6.07, 6.45) is 5.85. The van der Waals surface area contributed by atoms with Crippen LogP contribution >= 0.6 is 24.0 Å². The smallest absolute Gasteiger partial charge is 0.319 e. The highest BCUT2D eigenvalue weighted by molar-refractivity contribution is 14.0. The van der Waals surface area contributed by atoms with Crippen molar-refractivity contribution >= 4 is 29.9 Å². The zero-order valence-electron chi connectivity index (χ0n) is 14.3. The van der Waals surface area contributed by atoms with Gasteiger partial charge >= 0.3 is 6.55 Å². The van der Waals surface area contributed by atoms with Crippen LogP contribution in [0.2, 0.25) is 0 Å². The van der Waals surface area contributed by atoms with E-state index < -0.39 is 6.55 Å². The second kappa shape index (κ2) is 12.4. The molecule has 144 valence electrons.